The van der Waals surface area contributed by atoms with Gasteiger partial charge >= 0.3 is 0 Å². The molecule has 1 unspecified atom stereocenters. The normalized spacial score (nSPS) is 17.5. The number of carbonyl (C=O) groups is 2. The van der Waals surface area contributed by atoms with Crippen LogP contribution >= 0.6 is 0 Å². The third kappa shape index (κ3) is 6.02. The summed E-state index contributed by atoms with van der Waals surface area (Å²) >= 11 is 0. The van der Waals surface area contributed by atoms with E-state index in [1.54, 1.807) is 0 Å². The zero-order chi connectivity index (χ0) is 14.3. The molecule has 110 valence electrons. The highest BCUT2D eigenvalue weighted by molar-refractivity contribution is 5.87. The van der Waals surface area contributed by atoms with E-state index in [-0.39, 0.29) is 12.3 Å². The summed E-state index contributed by atoms with van der Waals surface area (Å²) in [6.07, 6.45) is 3.47. The average molecular weight is 270 g/mol. The summed E-state index contributed by atoms with van der Waals surface area (Å²) in [5, 5.41) is 3.06. The van der Waals surface area contributed by atoms with Crippen molar-refractivity contribution in [2.45, 2.75) is 31.7 Å². The van der Waals surface area contributed by atoms with Gasteiger partial charge in [-0.3, -0.25) is 9.59 Å². The number of nitrogens with two attached hydrogens (primary N) is 1. The molecule has 1 heterocycles. The number of nitrogens with zero attached hydrogens (tertiary/aromatic N) is 2. The van der Waals surface area contributed by atoms with Crippen molar-refractivity contribution in [2.75, 3.05) is 40.3 Å². The highest BCUT2D eigenvalue weighted by Crippen LogP contribution is 2.10. The predicted octanol–water partition coefficient (Wildman–Crippen LogP) is -0.606. The Kier molecular flexibility index (Phi) is 6.80. The molecule has 6 nitrogen and oxygen atoms in total. The largest absolute Gasteiger partial charge is 0.368 e. The first-order valence-electron chi connectivity index (χ1n) is 6.96. The molecule has 1 fully saturated rings. The highest BCUT2D eigenvalue weighted by Gasteiger charge is 2.23. The van der Waals surface area contributed by atoms with E-state index in [9.17, 15) is 9.59 Å². The molecular weight excluding hydrogens is 244 g/mol. The molecule has 0 aliphatic carbocycles. The fourth-order valence-corrected chi connectivity index (χ4v) is 2.18. The Labute approximate surface area is 115 Å². The number of likely N-dealkylation sites (N-methyl/N-ethyl adjacent to an activating group) is 1. The Morgan fingerprint density at radius 3 is 2.42 bits per heavy atom. The first-order valence-corrected chi connectivity index (χ1v) is 6.96. The van der Waals surface area contributed by atoms with Gasteiger partial charge in [-0.25, -0.2) is 0 Å². The van der Waals surface area contributed by atoms with Gasteiger partial charge in [0.05, 0.1) is 12.5 Å². The number of nitrogens with one attached hydrogen (secondary N) is 1. The van der Waals surface area contributed by atoms with E-state index in [1.807, 2.05) is 23.9 Å². The zero-order valence-corrected chi connectivity index (χ0v) is 12.0. The summed E-state index contributed by atoms with van der Waals surface area (Å²) in [6.45, 7) is 3.07. The molecule has 19 heavy (non-hydrogen) atoms. The molecule has 0 saturated carbocycles. The maximum atomic E-state index is 12.1. The number of carbonyl (C=O) groups excluding carboxylic acids is 2. The van der Waals surface area contributed by atoms with Gasteiger partial charge in [-0.1, -0.05) is 0 Å². The van der Waals surface area contributed by atoms with E-state index < -0.39 is 11.9 Å². The molecule has 0 aromatic carbocycles. The van der Waals surface area contributed by atoms with Crippen molar-refractivity contribution in [3.63, 3.8) is 0 Å². The third-order valence-electron chi connectivity index (χ3n) is 3.38. The lowest BCUT2D eigenvalue weighted by Crippen LogP contribution is -2.47. The minimum absolute atomic E-state index is 0.0286. The molecule has 1 aliphatic rings. The molecule has 1 rings (SSSR count). The van der Waals surface area contributed by atoms with Gasteiger partial charge in [-0.2, -0.15) is 0 Å². The van der Waals surface area contributed by atoms with Crippen LogP contribution in [0.4, 0.5) is 0 Å². The van der Waals surface area contributed by atoms with Crippen LogP contribution in [0, 0.1) is 0 Å². The molecule has 0 aromatic rings. The van der Waals surface area contributed by atoms with Crippen LogP contribution in [0.25, 0.3) is 0 Å². The maximum Gasteiger partial charge on any atom is 0.235 e. The molecule has 6 heteroatoms. The van der Waals surface area contributed by atoms with E-state index >= 15 is 0 Å². The van der Waals surface area contributed by atoms with Gasteiger partial charge in [0.1, 0.15) is 0 Å². The summed E-state index contributed by atoms with van der Waals surface area (Å²) in [5.74, 6) is -0.426. The Bertz CT molecular complexity index is 301. The van der Waals surface area contributed by atoms with Crippen LogP contribution in [0.15, 0.2) is 0 Å². The lowest BCUT2D eigenvalue weighted by Gasteiger charge is -2.28. The average Bonchev–Trinajstić information content (AvgIpc) is 2.37. The Morgan fingerprint density at radius 1 is 1.26 bits per heavy atom. The van der Waals surface area contributed by atoms with Crippen molar-refractivity contribution in [3.05, 3.63) is 0 Å². The molecule has 0 radical (unpaired) electrons. The third-order valence-corrected chi connectivity index (χ3v) is 3.38. The van der Waals surface area contributed by atoms with Gasteiger partial charge in [0, 0.05) is 26.2 Å². The molecule has 1 saturated heterocycles. The molecule has 3 N–H and O–H groups in total. The zero-order valence-electron chi connectivity index (χ0n) is 12.0. The minimum atomic E-state index is -0.561. The summed E-state index contributed by atoms with van der Waals surface area (Å²) in [6, 6.07) is -0.561. The monoisotopic (exact) mass is 270 g/mol. The van der Waals surface area contributed by atoms with Crippen molar-refractivity contribution in [3.8, 4) is 0 Å². The Balaban J connectivity index is 2.39. The standard InChI is InChI=1S/C13H26N4O2/c1-16(2)9-6-15-11(13(14)19)10-12(18)17-7-4-3-5-8-17/h11,15H,3-10H2,1-2H3,(H2,14,19). The van der Waals surface area contributed by atoms with Crippen LogP contribution < -0.4 is 11.1 Å². The molecule has 1 atom stereocenters. The second kappa shape index (κ2) is 8.12. The summed E-state index contributed by atoms with van der Waals surface area (Å²) in [5.41, 5.74) is 5.35. The first-order chi connectivity index (χ1) is 9.00. The number of primary amides is 1. The summed E-state index contributed by atoms with van der Waals surface area (Å²) in [7, 11) is 3.92. The van der Waals surface area contributed by atoms with E-state index in [0.29, 0.717) is 6.54 Å². The van der Waals surface area contributed by atoms with Gasteiger partial charge in [0.15, 0.2) is 0 Å². The van der Waals surface area contributed by atoms with Crippen molar-refractivity contribution in [1.82, 2.24) is 15.1 Å². The van der Waals surface area contributed by atoms with E-state index in [4.69, 9.17) is 5.73 Å². The van der Waals surface area contributed by atoms with E-state index in [0.717, 1.165) is 32.5 Å². The van der Waals surface area contributed by atoms with Crippen LogP contribution in [0.3, 0.4) is 0 Å². The number of hydrogen-bond acceptors (Lipinski definition) is 4. The number of rotatable bonds is 7. The fourth-order valence-electron chi connectivity index (χ4n) is 2.18. The van der Waals surface area contributed by atoms with Gasteiger partial charge < -0.3 is 20.9 Å². The van der Waals surface area contributed by atoms with E-state index in [2.05, 4.69) is 5.32 Å². The van der Waals surface area contributed by atoms with Crippen LogP contribution in [-0.2, 0) is 9.59 Å². The van der Waals surface area contributed by atoms with Gasteiger partial charge in [-0.15, -0.1) is 0 Å². The molecule has 0 aromatic heterocycles. The van der Waals surface area contributed by atoms with Crippen LogP contribution in [-0.4, -0.2) is 67.9 Å². The van der Waals surface area contributed by atoms with E-state index in [1.165, 1.54) is 6.42 Å². The quantitative estimate of drug-likeness (QED) is 0.647. The smallest absolute Gasteiger partial charge is 0.235 e. The summed E-state index contributed by atoms with van der Waals surface area (Å²) in [4.78, 5) is 27.3. The van der Waals surface area contributed by atoms with Gasteiger partial charge in [0.2, 0.25) is 11.8 Å². The van der Waals surface area contributed by atoms with Crippen molar-refractivity contribution in [2.24, 2.45) is 5.73 Å². The minimum Gasteiger partial charge on any atom is -0.368 e. The molecule has 1 aliphatic heterocycles. The molecule has 0 spiro atoms. The Morgan fingerprint density at radius 2 is 1.89 bits per heavy atom. The lowest BCUT2D eigenvalue weighted by molar-refractivity contribution is -0.135. The fraction of sp³-hybridized carbons (Fsp3) is 0.846. The Hall–Kier alpha value is -1.14. The SMILES string of the molecule is CN(C)CCNC(CC(=O)N1CCCCC1)C(N)=O. The molecular formula is C13H26N4O2. The highest BCUT2D eigenvalue weighted by atomic mass is 16.2. The predicted molar refractivity (Wildman–Crippen MR) is 74.6 cm³/mol. The van der Waals surface area contributed by atoms with Crippen LogP contribution in [0.2, 0.25) is 0 Å². The molecule has 2 amide bonds. The van der Waals surface area contributed by atoms with Crippen molar-refractivity contribution >= 4 is 11.8 Å². The van der Waals surface area contributed by atoms with Crippen molar-refractivity contribution < 1.29 is 9.59 Å². The van der Waals surface area contributed by atoms with Gasteiger partial charge in [-0.05, 0) is 33.4 Å². The first kappa shape index (κ1) is 15.9. The van der Waals surface area contributed by atoms with Crippen molar-refractivity contribution in [1.29, 1.82) is 0 Å². The molecule has 0 bridgehead atoms. The maximum absolute atomic E-state index is 12.1. The number of piperidine rings is 1. The lowest BCUT2D eigenvalue weighted by atomic mass is 10.1. The second-order valence-corrected chi connectivity index (χ2v) is 5.36. The topological polar surface area (TPSA) is 78.7 Å². The summed E-state index contributed by atoms with van der Waals surface area (Å²) < 4.78 is 0. The second-order valence-electron chi connectivity index (χ2n) is 5.36. The van der Waals surface area contributed by atoms with Crippen LogP contribution in [0.5, 0.6) is 0 Å². The number of likely N-dealkylation sites (tertiary alicyclic amines) is 1. The number of amides is 2. The number of hydrogen-bond donors (Lipinski definition) is 2. The van der Waals surface area contributed by atoms with Crippen LogP contribution in [0.1, 0.15) is 25.7 Å². The van der Waals surface area contributed by atoms with Gasteiger partial charge in [0.25, 0.3) is 0 Å².